The first-order valence-electron chi connectivity index (χ1n) is 6.33. The second-order valence-electron chi connectivity index (χ2n) is 4.32. The van der Waals surface area contributed by atoms with Crippen molar-refractivity contribution in [1.82, 2.24) is 10.2 Å². The Balaban J connectivity index is 2.56. The highest BCUT2D eigenvalue weighted by molar-refractivity contribution is 5.73. The van der Waals surface area contributed by atoms with Gasteiger partial charge in [0, 0.05) is 32.7 Å². The van der Waals surface area contributed by atoms with Gasteiger partial charge in [-0.3, -0.25) is 0 Å². The van der Waals surface area contributed by atoms with E-state index in [9.17, 15) is 4.79 Å². The number of aliphatic hydroxyl groups is 1. The second-order valence-corrected chi connectivity index (χ2v) is 4.32. The third kappa shape index (κ3) is 4.37. The molecule has 2 N–H and O–H groups in total. The predicted octanol–water partition coefficient (Wildman–Crippen LogP) is 1.81. The van der Waals surface area contributed by atoms with Crippen molar-refractivity contribution in [3.63, 3.8) is 0 Å². The highest BCUT2D eigenvalue weighted by Crippen LogP contribution is 2.18. The Bertz CT molecular complexity index is 354. The molecule has 0 aliphatic heterocycles. The SMILES string of the molecule is CCN(C)C(=O)NCC(CCO)c1ccccc1. The number of carbonyl (C=O) groups is 1. The number of carbonyl (C=O) groups excluding carboxylic acids is 1. The smallest absolute Gasteiger partial charge is 0.317 e. The van der Waals surface area contributed by atoms with Crippen molar-refractivity contribution in [2.24, 2.45) is 0 Å². The summed E-state index contributed by atoms with van der Waals surface area (Å²) in [6, 6.07) is 9.88. The lowest BCUT2D eigenvalue weighted by atomic mass is 9.96. The van der Waals surface area contributed by atoms with Crippen LogP contribution < -0.4 is 5.32 Å². The molecule has 1 aromatic rings. The van der Waals surface area contributed by atoms with Crippen LogP contribution in [0.4, 0.5) is 4.79 Å². The van der Waals surface area contributed by atoms with Crippen molar-refractivity contribution in [2.45, 2.75) is 19.3 Å². The van der Waals surface area contributed by atoms with E-state index in [1.54, 1.807) is 11.9 Å². The van der Waals surface area contributed by atoms with Gasteiger partial charge in [-0.05, 0) is 18.9 Å². The maximum absolute atomic E-state index is 11.7. The Morgan fingerprint density at radius 3 is 2.61 bits per heavy atom. The lowest BCUT2D eigenvalue weighted by Gasteiger charge is -2.20. The summed E-state index contributed by atoms with van der Waals surface area (Å²) in [6.07, 6.45) is 0.653. The fraction of sp³-hybridized carbons (Fsp3) is 0.500. The molecule has 0 saturated carbocycles. The minimum Gasteiger partial charge on any atom is -0.396 e. The number of nitrogens with one attached hydrogen (secondary N) is 1. The second kappa shape index (κ2) is 7.71. The van der Waals surface area contributed by atoms with Gasteiger partial charge in [0.15, 0.2) is 0 Å². The summed E-state index contributed by atoms with van der Waals surface area (Å²) in [4.78, 5) is 13.3. The fourth-order valence-corrected chi connectivity index (χ4v) is 1.76. The van der Waals surface area contributed by atoms with Crippen LogP contribution in [0.2, 0.25) is 0 Å². The molecule has 0 spiro atoms. The summed E-state index contributed by atoms with van der Waals surface area (Å²) in [7, 11) is 1.76. The number of hydrogen-bond acceptors (Lipinski definition) is 2. The molecule has 0 aromatic heterocycles. The van der Waals surface area contributed by atoms with Gasteiger partial charge >= 0.3 is 6.03 Å². The van der Waals surface area contributed by atoms with Gasteiger partial charge < -0.3 is 15.3 Å². The maximum atomic E-state index is 11.7. The molecule has 0 fully saturated rings. The van der Waals surface area contributed by atoms with Gasteiger partial charge in [0.1, 0.15) is 0 Å². The number of benzene rings is 1. The molecule has 0 radical (unpaired) electrons. The van der Waals surface area contributed by atoms with E-state index in [0.29, 0.717) is 19.5 Å². The molecular formula is C14H22N2O2. The Morgan fingerprint density at radius 2 is 2.06 bits per heavy atom. The van der Waals surface area contributed by atoms with Gasteiger partial charge in [-0.2, -0.15) is 0 Å². The first-order valence-corrected chi connectivity index (χ1v) is 6.33. The summed E-state index contributed by atoms with van der Waals surface area (Å²) in [6.45, 7) is 3.29. The van der Waals surface area contributed by atoms with E-state index >= 15 is 0 Å². The first-order chi connectivity index (χ1) is 8.69. The quantitative estimate of drug-likeness (QED) is 0.809. The molecule has 0 aliphatic carbocycles. The molecule has 0 heterocycles. The Hall–Kier alpha value is -1.55. The van der Waals surface area contributed by atoms with Gasteiger partial charge in [0.25, 0.3) is 0 Å². The third-order valence-corrected chi connectivity index (χ3v) is 3.07. The van der Waals surface area contributed by atoms with Crippen LogP contribution in [0.5, 0.6) is 0 Å². The first kappa shape index (κ1) is 14.5. The van der Waals surface area contributed by atoms with Crippen molar-refractivity contribution in [3.05, 3.63) is 35.9 Å². The van der Waals surface area contributed by atoms with E-state index < -0.39 is 0 Å². The number of urea groups is 1. The molecule has 4 heteroatoms. The van der Waals surface area contributed by atoms with Crippen molar-refractivity contribution in [2.75, 3.05) is 26.7 Å². The number of rotatable bonds is 6. The molecule has 0 saturated heterocycles. The molecule has 100 valence electrons. The molecule has 1 unspecified atom stereocenters. The van der Waals surface area contributed by atoms with Crippen LogP contribution in [-0.2, 0) is 0 Å². The molecule has 1 atom stereocenters. The van der Waals surface area contributed by atoms with Gasteiger partial charge in [0.05, 0.1) is 0 Å². The molecular weight excluding hydrogens is 228 g/mol. The Kier molecular flexibility index (Phi) is 6.22. The van der Waals surface area contributed by atoms with Crippen LogP contribution in [-0.4, -0.2) is 42.8 Å². The minimum absolute atomic E-state index is 0.0728. The van der Waals surface area contributed by atoms with E-state index in [0.717, 1.165) is 5.56 Å². The summed E-state index contributed by atoms with van der Waals surface area (Å²) >= 11 is 0. The summed E-state index contributed by atoms with van der Waals surface area (Å²) in [5.41, 5.74) is 1.14. The van der Waals surface area contributed by atoms with Crippen LogP contribution in [0.3, 0.4) is 0 Å². The lowest BCUT2D eigenvalue weighted by Crippen LogP contribution is -2.39. The zero-order valence-corrected chi connectivity index (χ0v) is 11.1. The Labute approximate surface area is 109 Å². The molecule has 2 amide bonds. The zero-order chi connectivity index (χ0) is 13.4. The topological polar surface area (TPSA) is 52.6 Å². The fourth-order valence-electron chi connectivity index (χ4n) is 1.76. The van der Waals surface area contributed by atoms with E-state index in [-0.39, 0.29) is 18.6 Å². The summed E-state index contributed by atoms with van der Waals surface area (Å²) in [5.74, 6) is 0.158. The van der Waals surface area contributed by atoms with Gasteiger partial charge in [-0.25, -0.2) is 4.79 Å². The van der Waals surface area contributed by atoms with E-state index in [2.05, 4.69) is 5.32 Å². The van der Waals surface area contributed by atoms with Crippen LogP contribution in [0.25, 0.3) is 0 Å². The number of nitrogens with zero attached hydrogens (tertiary/aromatic N) is 1. The van der Waals surface area contributed by atoms with Crippen molar-refractivity contribution < 1.29 is 9.90 Å². The Morgan fingerprint density at radius 1 is 1.39 bits per heavy atom. The van der Waals surface area contributed by atoms with E-state index in [1.807, 2.05) is 37.3 Å². The highest BCUT2D eigenvalue weighted by Gasteiger charge is 2.13. The number of aliphatic hydroxyl groups excluding tert-OH is 1. The molecule has 0 bridgehead atoms. The molecule has 1 aromatic carbocycles. The van der Waals surface area contributed by atoms with Crippen LogP contribution in [0.1, 0.15) is 24.8 Å². The minimum atomic E-state index is -0.0728. The highest BCUT2D eigenvalue weighted by atomic mass is 16.3. The van der Waals surface area contributed by atoms with Crippen molar-refractivity contribution >= 4 is 6.03 Å². The zero-order valence-electron chi connectivity index (χ0n) is 11.1. The van der Waals surface area contributed by atoms with E-state index in [4.69, 9.17) is 5.11 Å². The predicted molar refractivity (Wildman–Crippen MR) is 72.6 cm³/mol. The number of amides is 2. The van der Waals surface area contributed by atoms with E-state index in [1.165, 1.54) is 0 Å². The average molecular weight is 250 g/mol. The number of hydrogen-bond donors (Lipinski definition) is 2. The largest absolute Gasteiger partial charge is 0.396 e. The van der Waals surface area contributed by atoms with Crippen molar-refractivity contribution in [3.8, 4) is 0 Å². The molecule has 18 heavy (non-hydrogen) atoms. The monoisotopic (exact) mass is 250 g/mol. The van der Waals surface area contributed by atoms with Gasteiger partial charge in [-0.1, -0.05) is 30.3 Å². The third-order valence-electron chi connectivity index (χ3n) is 3.07. The van der Waals surface area contributed by atoms with Crippen LogP contribution >= 0.6 is 0 Å². The lowest BCUT2D eigenvalue weighted by molar-refractivity contribution is 0.209. The summed E-state index contributed by atoms with van der Waals surface area (Å²) < 4.78 is 0. The standard InChI is InChI=1S/C14H22N2O2/c1-3-16(2)14(18)15-11-13(9-10-17)12-7-5-4-6-8-12/h4-8,13,17H,3,9-11H2,1-2H3,(H,15,18). The van der Waals surface area contributed by atoms with Crippen LogP contribution in [0, 0.1) is 0 Å². The van der Waals surface area contributed by atoms with Gasteiger partial charge in [-0.15, -0.1) is 0 Å². The molecule has 1 rings (SSSR count). The van der Waals surface area contributed by atoms with Gasteiger partial charge in [0.2, 0.25) is 0 Å². The normalized spacial score (nSPS) is 11.9. The average Bonchev–Trinajstić information content (AvgIpc) is 2.43. The van der Waals surface area contributed by atoms with Crippen molar-refractivity contribution in [1.29, 1.82) is 0 Å². The summed E-state index contributed by atoms with van der Waals surface area (Å²) in [5, 5.41) is 12.0. The molecule has 4 nitrogen and oxygen atoms in total. The maximum Gasteiger partial charge on any atom is 0.317 e. The van der Waals surface area contributed by atoms with Crippen LogP contribution in [0.15, 0.2) is 30.3 Å². The molecule has 0 aliphatic rings.